The third-order valence-corrected chi connectivity index (χ3v) is 6.66. The largest absolute Gasteiger partial charge is 0.481 e. The van der Waals surface area contributed by atoms with Crippen molar-refractivity contribution in [3.8, 4) is 0 Å². The molecule has 1 amide bonds. The minimum atomic E-state index is -4.60. The fraction of sp³-hybridized carbons (Fsp3) is 0.522. The van der Waals surface area contributed by atoms with Crippen LogP contribution in [0.2, 0.25) is 0 Å². The Hall–Kier alpha value is -2.91. The molecule has 2 heterocycles. The third-order valence-electron chi connectivity index (χ3n) is 6.66. The summed E-state index contributed by atoms with van der Waals surface area (Å²) in [6.07, 6.45) is -1.89. The van der Waals surface area contributed by atoms with Crippen LogP contribution in [0.15, 0.2) is 24.3 Å². The van der Waals surface area contributed by atoms with Gasteiger partial charge in [-0.05, 0) is 55.7 Å². The Morgan fingerprint density at radius 3 is 2.36 bits per heavy atom. The Morgan fingerprint density at radius 2 is 1.76 bits per heavy atom. The average molecular weight is 467 g/mol. The summed E-state index contributed by atoms with van der Waals surface area (Å²) in [4.78, 5) is 25.6. The summed E-state index contributed by atoms with van der Waals surface area (Å²) in [6, 6.07) is 5.47. The van der Waals surface area contributed by atoms with E-state index in [0.29, 0.717) is 36.9 Å². The van der Waals surface area contributed by atoms with Gasteiger partial charge in [-0.1, -0.05) is 12.1 Å². The molecule has 1 saturated carbocycles. The monoisotopic (exact) mass is 467 g/mol. The summed E-state index contributed by atoms with van der Waals surface area (Å²) in [5.74, 6) is -1.66. The summed E-state index contributed by atoms with van der Waals surface area (Å²) in [5.41, 5.74) is 0.129. The highest BCUT2D eigenvalue weighted by molar-refractivity contribution is 5.77. The SMILES string of the molecule is O=C(C[C@H]1CC[C@H](C(=O)O)CC1)N1CCc2c(C(F)(F)F)nn(Cc3ccc(F)cc3)c2C1. The van der Waals surface area contributed by atoms with Crippen molar-refractivity contribution in [2.24, 2.45) is 11.8 Å². The van der Waals surface area contributed by atoms with Gasteiger partial charge in [0.05, 0.1) is 24.7 Å². The van der Waals surface area contributed by atoms with Crippen LogP contribution in [-0.4, -0.2) is 38.2 Å². The molecule has 6 nitrogen and oxygen atoms in total. The van der Waals surface area contributed by atoms with Crippen molar-refractivity contribution in [3.05, 3.63) is 52.6 Å². The lowest BCUT2D eigenvalue weighted by Crippen LogP contribution is -2.38. The molecular weight excluding hydrogens is 442 g/mol. The minimum Gasteiger partial charge on any atom is -0.481 e. The number of aliphatic carboxylic acids is 1. The molecule has 0 spiro atoms. The van der Waals surface area contributed by atoms with Crippen LogP contribution in [0.25, 0.3) is 0 Å². The predicted octanol–water partition coefficient (Wildman–Crippen LogP) is 4.26. The highest BCUT2D eigenvalue weighted by Crippen LogP contribution is 2.36. The first-order chi connectivity index (χ1) is 15.6. The molecule has 0 atom stereocenters. The van der Waals surface area contributed by atoms with Crippen LogP contribution in [0.5, 0.6) is 0 Å². The number of alkyl halides is 3. The van der Waals surface area contributed by atoms with Crippen molar-refractivity contribution in [2.45, 2.75) is 57.8 Å². The topological polar surface area (TPSA) is 75.4 Å². The number of rotatable bonds is 5. The van der Waals surface area contributed by atoms with E-state index in [1.54, 1.807) is 4.90 Å². The molecule has 1 N–H and O–H groups in total. The molecule has 1 aliphatic heterocycles. The first-order valence-electron chi connectivity index (χ1n) is 11.0. The number of carboxylic acids is 1. The van der Waals surface area contributed by atoms with E-state index in [-0.39, 0.29) is 55.8 Å². The maximum atomic E-state index is 13.6. The number of hydrogen-bond acceptors (Lipinski definition) is 3. The predicted molar refractivity (Wildman–Crippen MR) is 110 cm³/mol. The van der Waals surface area contributed by atoms with E-state index in [0.717, 1.165) is 0 Å². The van der Waals surface area contributed by atoms with E-state index in [1.807, 2.05) is 0 Å². The second-order valence-corrected chi connectivity index (χ2v) is 8.88. The first kappa shape index (κ1) is 23.3. The second-order valence-electron chi connectivity index (χ2n) is 8.88. The maximum Gasteiger partial charge on any atom is 0.435 e. The van der Waals surface area contributed by atoms with Crippen molar-refractivity contribution in [1.29, 1.82) is 0 Å². The number of carbonyl (C=O) groups is 2. The molecule has 33 heavy (non-hydrogen) atoms. The number of nitrogens with zero attached hydrogens (tertiary/aromatic N) is 3. The van der Waals surface area contributed by atoms with Gasteiger partial charge in [0, 0.05) is 18.5 Å². The number of carbonyl (C=O) groups excluding carboxylic acids is 1. The molecule has 1 fully saturated rings. The van der Waals surface area contributed by atoms with Gasteiger partial charge >= 0.3 is 12.1 Å². The highest BCUT2D eigenvalue weighted by atomic mass is 19.4. The van der Waals surface area contributed by atoms with Crippen LogP contribution in [0.4, 0.5) is 17.6 Å². The molecule has 2 aromatic rings. The molecular formula is C23H25F4N3O3. The summed E-state index contributed by atoms with van der Waals surface area (Å²) >= 11 is 0. The summed E-state index contributed by atoms with van der Waals surface area (Å²) in [6.45, 7) is 0.254. The molecule has 0 bridgehead atoms. The van der Waals surface area contributed by atoms with Crippen LogP contribution in [0, 0.1) is 17.7 Å². The summed E-state index contributed by atoms with van der Waals surface area (Å²) in [7, 11) is 0. The van der Waals surface area contributed by atoms with Gasteiger partial charge in [-0.25, -0.2) is 4.39 Å². The zero-order valence-corrected chi connectivity index (χ0v) is 17.9. The van der Waals surface area contributed by atoms with Gasteiger partial charge in [-0.3, -0.25) is 14.3 Å². The van der Waals surface area contributed by atoms with Gasteiger partial charge in [0.15, 0.2) is 5.69 Å². The number of amides is 1. The fourth-order valence-electron chi connectivity index (χ4n) is 4.80. The van der Waals surface area contributed by atoms with Crippen LogP contribution >= 0.6 is 0 Å². The summed E-state index contributed by atoms with van der Waals surface area (Å²) in [5, 5.41) is 12.9. The van der Waals surface area contributed by atoms with E-state index in [9.17, 15) is 27.2 Å². The van der Waals surface area contributed by atoms with Gasteiger partial charge < -0.3 is 10.0 Å². The van der Waals surface area contributed by atoms with Crippen LogP contribution in [0.3, 0.4) is 0 Å². The molecule has 1 aromatic heterocycles. The second kappa shape index (κ2) is 9.15. The molecule has 4 rings (SSSR count). The molecule has 2 aliphatic rings. The molecule has 178 valence electrons. The number of carboxylic acid groups (broad SMARTS) is 1. The molecule has 10 heteroatoms. The van der Waals surface area contributed by atoms with E-state index in [4.69, 9.17) is 5.11 Å². The van der Waals surface area contributed by atoms with Crippen molar-refractivity contribution in [3.63, 3.8) is 0 Å². The van der Waals surface area contributed by atoms with Crippen molar-refractivity contribution in [2.75, 3.05) is 6.54 Å². The smallest absolute Gasteiger partial charge is 0.435 e. The number of fused-ring (bicyclic) bond motifs is 1. The minimum absolute atomic E-state index is 0.0307. The lowest BCUT2D eigenvalue weighted by molar-refractivity contribution is -0.143. The lowest BCUT2D eigenvalue weighted by atomic mass is 9.80. The van der Waals surface area contributed by atoms with Gasteiger partial charge in [-0.2, -0.15) is 18.3 Å². The Balaban J connectivity index is 1.49. The fourth-order valence-corrected chi connectivity index (χ4v) is 4.80. The molecule has 0 radical (unpaired) electrons. The normalized spacial score (nSPS) is 21.0. The number of hydrogen-bond donors (Lipinski definition) is 1. The summed E-state index contributed by atoms with van der Waals surface area (Å²) < 4.78 is 55.2. The zero-order valence-electron chi connectivity index (χ0n) is 17.9. The lowest BCUT2D eigenvalue weighted by Gasteiger charge is -2.31. The molecule has 0 unspecified atom stereocenters. The molecule has 1 aliphatic carbocycles. The average Bonchev–Trinajstić information content (AvgIpc) is 3.14. The standard InChI is InChI=1S/C23H25F4N3O3/c24-17-7-3-15(4-8-17)12-30-19-13-29(10-9-18(19)21(28-30)23(25,26)27)20(31)11-14-1-5-16(6-2-14)22(32)33/h3-4,7-8,14,16H,1-2,5-6,9-13H2,(H,32,33)/t14-,16-. The van der Waals surface area contributed by atoms with Crippen molar-refractivity contribution >= 4 is 11.9 Å². The Morgan fingerprint density at radius 1 is 1.09 bits per heavy atom. The van der Waals surface area contributed by atoms with Gasteiger partial charge in [0.1, 0.15) is 5.82 Å². The quantitative estimate of drug-likeness (QED) is 0.667. The maximum absolute atomic E-state index is 13.6. The van der Waals surface area contributed by atoms with Crippen LogP contribution in [-0.2, 0) is 35.3 Å². The highest BCUT2D eigenvalue weighted by Gasteiger charge is 2.41. The molecule has 0 saturated heterocycles. The van der Waals surface area contributed by atoms with Crippen molar-refractivity contribution in [1.82, 2.24) is 14.7 Å². The van der Waals surface area contributed by atoms with Crippen LogP contribution < -0.4 is 0 Å². The molecule has 1 aromatic carbocycles. The van der Waals surface area contributed by atoms with E-state index >= 15 is 0 Å². The number of benzene rings is 1. The number of aromatic nitrogens is 2. The van der Waals surface area contributed by atoms with Gasteiger partial charge in [0.2, 0.25) is 5.91 Å². The van der Waals surface area contributed by atoms with E-state index < -0.39 is 23.7 Å². The first-order valence-corrected chi connectivity index (χ1v) is 11.0. The van der Waals surface area contributed by atoms with Gasteiger partial charge in [0.25, 0.3) is 0 Å². The van der Waals surface area contributed by atoms with E-state index in [2.05, 4.69) is 5.10 Å². The van der Waals surface area contributed by atoms with Crippen LogP contribution in [0.1, 0.15) is 54.6 Å². The third kappa shape index (κ3) is 5.20. The zero-order chi connectivity index (χ0) is 23.8. The van der Waals surface area contributed by atoms with Crippen molar-refractivity contribution < 1.29 is 32.3 Å². The van der Waals surface area contributed by atoms with Gasteiger partial charge in [-0.15, -0.1) is 0 Å². The van der Waals surface area contributed by atoms with E-state index in [1.165, 1.54) is 28.9 Å². The number of halogens is 4. The Labute approximate surface area is 188 Å². The Kier molecular flexibility index (Phi) is 6.45. The Bertz CT molecular complexity index is 1020.